The standard InChI is InChI=1S/C23H21F3N4O6/c1-29-19-18(20(31)30(22(29)32)13-14-6-8-15(33-2)9-7-14)27-21(28-19)35-11-10-34-16-4-3-5-17(12-16)36-23(24,25)26/h3-9,12H,10-11,13H2,1-2H3,(H,27,28). The van der Waals surface area contributed by atoms with E-state index in [2.05, 4.69) is 14.7 Å². The van der Waals surface area contributed by atoms with E-state index in [1.807, 2.05) is 0 Å². The number of ether oxygens (including phenoxy) is 4. The predicted octanol–water partition coefficient (Wildman–Crippen LogP) is 2.84. The molecular weight excluding hydrogens is 485 g/mol. The summed E-state index contributed by atoms with van der Waals surface area (Å²) in [5, 5.41) is 0. The van der Waals surface area contributed by atoms with Crippen molar-refractivity contribution in [2.24, 2.45) is 7.05 Å². The molecule has 1 N–H and O–H groups in total. The predicted molar refractivity (Wildman–Crippen MR) is 122 cm³/mol. The maximum atomic E-state index is 13.0. The fourth-order valence-corrected chi connectivity index (χ4v) is 3.41. The van der Waals surface area contributed by atoms with Crippen LogP contribution in [0.15, 0.2) is 58.1 Å². The number of H-pyrrole nitrogens is 1. The molecule has 0 unspecified atom stereocenters. The Kier molecular flexibility index (Phi) is 6.90. The van der Waals surface area contributed by atoms with Gasteiger partial charge in [0.1, 0.15) is 30.5 Å². The van der Waals surface area contributed by atoms with Gasteiger partial charge < -0.3 is 23.9 Å². The molecule has 0 atom stereocenters. The number of benzene rings is 2. The molecule has 36 heavy (non-hydrogen) atoms. The van der Waals surface area contributed by atoms with E-state index in [0.717, 1.165) is 22.3 Å². The summed E-state index contributed by atoms with van der Waals surface area (Å²) in [6.07, 6.45) is -4.81. The molecule has 0 aliphatic rings. The van der Waals surface area contributed by atoms with Gasteiger partial charge in [-0.05, 0) is 29.8 Å². The van der Waals surface area contributed by atoms with Crippen molar-refractivity contribution >= 4 is 11.2 Å². The molecule has 4 aromatic rings. The first-order valence-corrected chi connectivity index (χ1v) is 10.6. The van der Waals surface area contributed by atoms with Crippen LogP contribution in [0.1, 0.15) is 5.56 Å². The Hall–Kier alpha value is -4.42. The number of alkyl halides is 3. The molecule has 0 aliphatic carbocycles. The van der Waals surface area contributed by atoms with Gasteiger partial charge in [0.05, 0.1) is 13.7 Å². The zero-order valence-electron chi connectivity index (χ0n) is 19.2. The van der Waals surface area contributed by atoms with Crippen molar-refractivity contribution in [3.63, 3.8) is 0 Å². The molecule has 4 rings (SSSR count). The maximum Gasteiger partial charge on any atom is 0.573 e. The summed E-state index contributed by atoms with van der Waals surface area (Å²) < 4.78 is 59.2. The number of hydrogen-bond acceptors (Lipinski definition) is 7. The van der Waals surface area contributed by atoms with E-state index in [1.165, 1.54) is 30.9 Å². The third kappa shape index (κ3) is 5.62. The summed E-state index contributed by atoms with van der Waals surface area (Å²) in [7, 11) is 3.02. The summed E-state index contributed by atoms with van der Waals surface area (Å²) in [4.78, 5) is 32.7. The van der Waals surface area contributed by atoms with E-state index in [1.54, 1.807) is 24.3 Å². The van der Waals surface area contributed by atoms with Crippen LogP contribution in [0.25, 0.3) is 11.2 Å². The Labute approximate surface area is 201 Å². The minimum atomic E-state index is -4.81. The number of imidazole rings is 1. The van der Waals surface area contributed by atoms with Crippen molar-refractivity contribution in [1.29, 1.82) is 0 Å². The summed E-state index contributed by atoms with van der Waals surface area (Å²) in [5.74, 6) is 0.384. The molecule has 0 amide bonds. The average molecular weight is 506 g/mol. The smallest absolute Gasteiger partial charge is 0.497 e. The lowest BCUT2D eigenvalue weighted by Crippen LogP contribution is -2.39. The molecule has 0 aliphatic heterocycles. The van der Waals surface area contributed by atoms with Crippen LogP contribution in [0.4, 0.5) is 13.2 Å². The maximum absolute atomic E-state index is 13.0. The number of aromatic nitrogens is 4. The molecule has 2 aromatic carbocycles. The van der Waals surface area contributed by atoms with Crippen molar-refractivity contribution in [2.75, 3.05) is 20.3 Å². The third-order valence-corrected chi connectivity index (χ3v) is 5.09. The Bertz CT molecular complexity index is 1470. The van der Waals surface area contributed by atoms with Crippen LogP contribution in [0.3, 0.4) is 0 Å². The highest BCUT2D eigenvalue weighted by molar-refractivity contribution is 5.70. The van der Waals surface area contributed by atoms with E-state index in [0.29, 0.717) is 5.75 Å². The molecule has 0 spiro atoms. The third-order valence-electron chi connectivity index (χ3n) is 5.09. The van der Waals surface area contributed by atoms with Gasteiger partial charge in [0, 0.05) is 13.1 Å². The summed E-state index contributed by atoms with van der Waals surface area (Å²) in [6.45, 7) is -0.0308. The lowest BCUT2D eigenvalue weighted by molar-refractivity contribution is -0.274. The van der Waals surface area contributed by atoms with E-state index >= 15 is 0 Å². The van der Waals surface area contributed by atoms with Crippen LogP contribution in [-0.4, -0.2) is 45.8 Å². The Morgan fingerprint density at radius 2 is 1.67 bits per heavy atom. The van der Waals surface area contributed by atoms with Crippen LogP contribution in [-0.2, 0) is 13.6 Å². The van der Waals surface area contributed by atoms with Crippen LogP contribution >= 0.6 is 0 Å². The van der Waals surface area contributed by atoms with Gasteiger partial charge in [0.15, 0.2) is 11.2 Å². The number of rotatable bonds is 9. The molecule has 13 heteroatoms. The molecule has 10 nitrogen and oxygen atoms in total. The fourth-order valence-electron chi connectivity index (χ4n) is 3.41. The molecule has 190 valence electrons. The highest BCUT2D eigenvalue weighted by Gasteiger charge is 2.31. The van der Waals surface area contributed by atoms with Crippen molar-refractivity contribution in [3.8, 4) is 23.3 Å². The summed E-state index contributed by atoms with van der Waals surface area (Å²) >= 11 is 0. The van der Waals surface area contributed by atoms with Crippen molar-refractivity contribution in [3.05, 3.63) is 74.9 Å². The highest BCUT2D eigenvalue weighted by atomic mass is 19.4. The summed E-state index contributed by atoms with van der Waals surface area (Å²) in [5.41, 5.74) is -0.190. The second-order valence-electron chi connectivity index (χ2n) is 7.54. The Balaban J connectivity index is 1.44. The fraction of sp³-hybridized carbons (Fsp3) is 0.261. The Morgan fingerprint density at radius 1 is 0.972 bits per heavy atom. The Morgan fingerprint density at radius 3 is 2.36 bits per heavy atom. The topological polar surface area (TPSA) is 110 Å². The van der Waals surface area contributed by atoms with Gasteiger partial charge in [0.2, 0.25) is 0 Å². The van der Waals surface area contributed by atoms with E-state index < -0.39 is 23.4 Å². The molecule has 0 saturated heterocycles. The number of nitrogens with one attached hydrogen (secondary N) is 1. The van der Waals surface area contributed by atoms with Crippen LogP contribution in [0.2, 0.25) is 0 Å². The van der Waals surface area contributed by atoms with Crippen molar-refractivity contribution in [2.45, 2.75) is 12.9 Å². The number of hydrogen-bond donors (Lipinski definition) is 1. The van der Waals surface area contributed by atoms with Gasteiger partial charge in [-0.2, -0.15) is 4.98 Å². The number of nitrogens with zero attached hydrogens (tertiary/aromatic N) is 3. The molecule has 2 aromatic heterocycles. The van der Waals surface area contributed by atoms with Gasteiger partial charge in [-0.1, -0.05) is 18.2 Å². The number of aryl methyl sites for hydroxylation is 1. The van der Waals surface area contributed by atoms with E-state index in [9.17, 15) is 22.8 Å². The monoisotopic (exact) mass is 506 g/mol. The van der Waals surface area contributed by atoms with Gasteiger partial charge >= 0.3 is 12.1 Å². The minimum absolute atomic E-state index is 0.0166. The first-order chi connectivity index (χ1) is 17.1. The second-order valence-corrected chi connectivity index (χ2v) is 7.54. The van der Waals surface area contributed by atoms with Crippen molar-refractivity contribution in [1.82, 2.24) is 19.1 Å². The highest BCUT2D eigenvalue weighted by Crippen LogP contribution is 2.26. The zero-order chi connectivity index (χ0) is 25.9. The lowest BCUT2D eigenvalue weighted by atomic mass is 10.2. The SMILES string of the molecule is COc1ccc(Cn2c(=O)c3[nH]c(OCCOc4cccc(OC(F)(F)F)c4)nc3n(C)c2=O)cc1. The number of halogens is 3. The molecular formula is C23H21F3N4O6. The number of fused-ring (bicyclic) bond motifs is 1. The molecule has 0 radical (unpaired) electrons. The van der Waals surface area contributed by atoms with Gasteiger partial charge in [0.25, 0.3) is 11.6 Å². The van der Waals surface area contributed by atoms with Crippen molar-refractivity contribution < 1.29 is 32.1 Å². The quantitative estimate of drug-likeness (QED) is 0.348. The minimum Gasteiger partial charge on any atom is -0.497 e. The normalized spacial score (nSPS) is 11.5. The first kappa shape index (κ1) is 24.7. The molecule has 2 heterocycles. The lowest BCUT2D eigenvalue weighted by Gasteiger charge is -2.11. The molecule has 0 fully saturated rings. The second kappa shape index (κ2) is 10.1. The van der Waals surface area contributed by atoms with Crippen LogP contribution in [0.5, 0.6) is 23.3 Å². The summed E-state index contributed by atoms with van der Waals surface area (Å²) in [6, 6.07) is 12.0. The van der Waals surface area contributed by atoms with E-state index in [4.69, 9.17) is 14.2 Å². The number of methoxy groups -OCH3 is 1. The van der Waals surface area contributed by atoms with Crippen LogP contribution in [0, 0.1) is 0 Å². The van der Waals surface area contributed by atoms with Crippen LogP contribution < -0.4 is 30.2 Å². The van der Waals surface area contributed by atoms with E-state index in [-0.39, 0.29) is 42.7 Å². The van der Waals surface area contributed by atoms with Gasteiger partial charge in [-0.25, -0.2) is 4.79 Å². The molecule has 0 saturated carbocycles. The number of aromatic amines is 1. The average Bonchev–Trinajstić information content (AvgIpc) is 3.27. The zero-order valence-corrected chi connectivity index (χ0v) is 19.2. The molecule has 0 bridgehead atoms. The van der Waals surface area contributed by atoms with Gasteiger partial charge in [-0.15, -0.1) is 13.2 Å². The largest absolute Gasteiger partial charge is 0.573 e. The first-order valence-electron chi connectivity index (χ1n) is 10.6. The van der Waals surface area contributed by atoms with Gasteiger partial charge in [-0.3, -0.25) is 13.9 Å².